The van der Waals surface area contributed by atoms with E-state index in [1.807, 2.05) is 6.92 Å². The summed E-state index contributed by atoms with van der Waals surface area (Å²) < 4.78 is 0. The molecule has 28 valence electrons. The van der Waals surface area contributed by atoms with Crippen molar-refractivity contribution in [1.29, 1.82) is 0 Å². The lowest BCUT2D eigenvalue weighted by atomic mass is 10.8. The Morgan fingerprint density at radius 1 is 1.80 bits per heavy atom. The van der Waals surface area contributed by atoms with E-state index in [1.165, 1.54) is 5.20 Å². The predicted octanol–water partition coefficient (Wildman–Crippen LogP) is 1.27. The van der Waals surface area contributed by atoms with Gasteiger partial charge in [0.2, 0.25) is 0 Å². The van der Waals surface area contributed by atoms with Crippen molar-refractivity contribution in [2.24, 2.45) is 0 Å². The molecule has 0 aromatic rings. The normalized spacial score (nSPS) is 7.60. The lowest BCUT2D eigenvalue weighted by Gasteiger charge is -1.77. The largest absolute Gasteiger partial charge is 0.105 e. The smallest absolute Gasteiger partial charge is 0.0703 e. The Labute approximate surface area is 35.7 Å². The number of hydrogen-bond donors (Lipinski definition) is 0. The first-order valence-electron chi connectivity index (χ1n) is 1.60. The van der Waals surface area contributed by atoms with Crippen molar-refractivity contribution >= 4 is 9.52 Å². The van der Waals surface area contributed by atoms with E-state index in [2.05, 4.69) is 13.1 Å². The van der Waals surface area contributed by atoms with Crippen LogP contribution in [0.5, 0.6) is 0 Å². The van der Waals surface area contributed by atoms with E-state index in [0.717, 1.165) is 9.52 Å². The number of hydrogen-bond acceptors (Lipinski definition) is 0. The lowest BCUT2D eigenvalue weighted by molar-refractivity contribution is 1.69. The quantitative estimate of drug-likeness (QED) is 0.420. The molecule has 0 fully saturated rings. The van der Waals surface area contributed by atoms with Gasteiger partial charge in [-0.05, 0) is 6.92 Å². The second-order valence-corrected chi connectivity index (χ2v) is 2.38. The topological polar surface area (TPSA) is 0 Å². The Morgan fingerprint density at radius 3 is 2.00 bits per heavy atom. The molecule has 0 aromatic heterocycles. The molecule has 2 radical (unpaired) electrons. The number of allylic oxidation sites excluding steroid dienone is 1. The van der Waals surface area contributed by atoms with Crippen LogP contribution in [0.1, 0.15) is 6.92 Å². The van der Waals surface area contributed by atoms with E-state index in [1.54, 1.807) is 0 Å². The first-order chi connectivity index (χ1) is 2.27. The summed E-state index contributed by atoms with van der Waals surface area (Å²) in [5.74, 6) is 0. The summed E-state index contributed by atoms with van der Waals surface area (Å²) in [4.78, 5) is 0. The average molecular weight is 84.2 g/mol. The molecule has 0 rings (SSSR count). The van der Waals surface area contributed by atoms with Crippen molar-refractivity contribution in [2.45, 2.75) is 13.5 Å². The van der Waals surface area contributed by atoms with E-state index >= 15 is 0 Å². The highest BCUT2D eigenvalue weighted by Crippen LogP contribution is 1.76. The van der Waals surface area contributed by atoms with Crippen LogP contribution in [-0.2, 0) is 0 Å². The molecule has 0 spiro atoms. The maximum absolute atomic E-state index is 3.69. The van der Waals surface area contributed by atoms with Gasteiger partial charge in [-0.25, -0.2) is 0 Å². The molecule has 0 atom stereocenters. The van der Waals surface area contributed by atoms with Crippen LogP contribution in [0.4, 0.5) is 0 Å². The summed E-state index contributed by atoms with van der Waals surface area (Å²) in [6, 6.07) is 0. The summed E-state index contributed by atoms with van der Waals surface area (Å²) in [6.07, 6.45) is 0. The molecule has 0 aliphatic heterocycles. The van der Waals surface area contributed by atoms with Gasteiger partial charge in [0, 0.05) is 0 Å². The first-order valence-corrected chi connectivity index (χ1v) is 3.10. The summed E-state index contributed by atoms with van der Waals surface area (Å²) in [6.45, 7) is 7.85. The van der Waals surface area contributed by atoms with Gasteiger partial charge in [-0.2, -0.15) is 0 Å². The third-order valence-corrected chi connectivity index (χ3v) is 1.28. The highest BCUT2D eigenvalue weighted by Gasteiger charge is 1.70. The molecule has 1 heteroatoms. The molecule has 5 heavy (non-hydrogen) atoms. The summed E-state index contributed by atoms with van der Waals surface area (Å²) in [7, 11) is 0.920. The number of rotatable bonds is 1. The minimum Gasteiger partial charge on any atom is -0.105 e. The van der Waals surface area contributed by atoms with Crippen molar-refractivity contribution in [3.05, 3.63) is 11.8 Å². The molecule has 0 saturated heterocycles. The van der Waals surface area contributed by atoms with Gasteiger partial charge in [-0.3, -0.25) is 0 Å². The Bertz CT molecular complexity index is 38.9. The first kappa shape index (κ1) is 4.96. The van der Waals surface area contributed by atoms with Gasteiger partial charge >= 0.3 is 0 Å². The van der Waals surface area contributed by atoms with Crippen molar-refractivity contribution in [1.82, 2.24) is 0 Å². The van der Waals surface area contributed by atoms with Gasteiger partial charge < -0.3 is 0 Å². The minimum atomic E-state index is 0.920. The van der Waals surface area contributed by atoms with Crippen LogP contribution in [0.3, 0.4) is 0 Å². The van der Waals surface area contributed by atoms with Gasteiger partial charge in [0.15, 0.2) is 0 Å². The molecule has 0 aliphatic carbocycles. The SMILES string of the molecule is C=C(C)[Si]C. The van der Waals surface area contributed by atoms with Crippen molar-refractivity contribution in [3.63, 3.8) is 0 Å². The maximum Gasteiger partial charge on any atom is 0.0703 e. The van der Waals surface area contributed by atoms with Gasteiger partial charge in [0.25, 0.3) is 0 Å². The standard InChI is InChI=1S/C4H8Si/c1-4(2)5-3/h1H2,2-3H3. The molecule has 0 amide bonds. The molecule has 0 bridgehead atoms. The highest BCUT2D eigenvalue weighted by atomic mass is 28.2. The monoisotopic (exact) mass is 84.0 g/mol. The van der Waals surface area contributed by atoms with Gasteiger partial charge in [0.05, 0.1) is 9.52 Å². The molecular formula is C4H8Si. The maximum atomic E-state index is 3.69. The zero-order valence-corrected chi connectivity index (χ0v) is 4.71. The highest BCUT2D eigenvalue weighted by molar-refractivity contribution is 6.43. The van der Waals surface area contributed by atoms with Crippen LogP contribution in [0.2, 0.25) is 6.55 Å². The van der Waals surface area contributed by atoms with Gasteiger partial charge in [-0.15, -0.1) is 6.58 Å². The van der Waals surface area contributed by atoms with E-state index in [9.17, 15) is 0 Å². The third-order valence-electron chi connectivity index (χ3n) is 0.427. The van der Waals surface area contributed by atoms with E-state index in [0.29, 0.717) is 0 Å². The summed E-state index contributed by atoms with van der Waals surface area (Å²) >= 11 is 0. The van der Waals surface area contributed by atoms with Crippen molar-refractivity contribution < 1.29 is 0 Å². The van der Waals surface area contributed by atoms with Crippen LogP contribution in [0.25, 0.3) is 0 Å². The van der Waals surface area contributed by atoms with E-state index in [4.69, 9.17) is 0 Å². The fourth-order valence-electron chi connectivity index (χ4n) is 0. The Kier molecular flexibility index (Phi) is 2.19. The second-order valence-electron chi connectivity index (χ2n) is 1.03. The molecule has 0 heterocycles. The minimum absolute atomic E-state index is 0.920. The molecule has 0 aromatic carbocycles. The van der Waals surface area contributed by atoms with Crippen LogP contribution in [0.15, 0.2) is 11.8 Å². The average Bonchev–Trinajstić information content (AvgIpc) is 1.38. The molecular weight excluding hydrogens is 76.1 g/mol. The third kappa shape index (κ3) is 3.96. The van der Waals surface area contributed by atoms with E-state index < -0.39 is 0 Å². The summed E-state index contributed by atoms with van der Waals surface area (Å²) in [5.41, 5.74) is 0. The second kappa shape index (κ2) is 2.21. The zero-order valence-electron chi connectivity index (χ0n) is 3.71. The van der Waals surface area contributed by atoms with Crippen molar-refractivity contribution in [3.8, 4) is 0 Å². The van der Waals surface area contributed by atoms with Gasteiger partial charge in [-0.1, -0.05) is 11.7 Å². The predicted molar refractivity (Wildman–Crippen MR) is 26.4 cm³/mol. The van der Waals surface area contributed by atoms with Crippen molar-refractivity contribution in [2.75, 3.05) is 0 Å². The molecule has 0 aliphatic rings. The Hall–Kier alpha value is -0.0431. The zero-order chi connectivity index (χ0) is 4.28. The van der Waals surface area contributed by atoms with Crippen LogP contribution >= 0.6 is 0 Å². The van der Waals surface area contributed by atoms with Crippen LogP contribution in [-0.4, -0.2) is 9.52 Å². The summed E-state index contributed by atoms with van der Waals surface area (Å²) in [5, 5.41) is 1.28. The Balaban J connectivity index is 2.85. The van der Waals surface area contributed by atoms with E-state index in [-0.39, 0.29) is 0 Å². The molecule has 0 nitrogen and oxygen atoms in total. The lowest BCUT2D eigenvalue weighted by Crippen LogP contribution is -1.76. The van der Waals surface area contributed by atoms with Gasteiger partial charge in [0.1, 0.15) is 0 Å². The molecule has 0 N–H and O–H groups in total. The molecule has 0 saturated carbocycles. The Morgan fingerprint density at radius 2 is 2.00 bits per heavy atom. The van der Waals surface area contributed by atoms with Crippen LogP contribution in [0, 0.1) is 0 Å². The van der Waals surface area contributed by atoms with Crippen LogP contribution < -0.4 is 0 Å². The molecule has 0 unspecified atom stereocenters. The fraction of sp³-hybridized carbons (Fsp3) is 0.500. The fourth-order valence-corrected chi connectivity index (χ4v) is 0.